The summed E-state index contributed by atoms with van der Waals surface area (Å²) in [7, 11) is 0. The zero-order chi connectivity index (χ0) is 12.7. The van der Waals surface area contributed by atoms with Gasteiger partial charge in [0.15, 0.2) is 11.4 Å². The van der Waals surface area contributed by atoms with Crippen LogP contribution < -0.4 is 4.90 Å². The van der Waals surface area contributed by atoms with Crippen LogP contribution in [-0.4, -0.2) is 26.9 Å². The number of benzene rings is 1. The fourth-order valence-electron chi connectivity index (χ4n) is 1.79. The van der Waals surface area contributed by atoms with E-state index >= 15 is 0 Å². The summed E-state index contributed by atoms with van der Waals surface area (Å²) < 4.78 is 0. The van der Waals surface area contributed by atoms with Crippen molar-refractivity contribution in [2.24, 2.45) is 0 Å². The average molecular weight is 241 g/mol. The lowest BCUT2D eigenvalue weighted by Crippen LogP contribution is -2.29. The largest absolute Gasteiger partial charge is 0.508 e. The van der Waals surface area contributed by atoms with Crippen LogP contribution in [0.5, 0.6) is 5.75 Å². The van der Waals surface area contributed by atoms with E-state index < -0.39 is 11.8 Å². The van der Waals surface area contributed by atoms with Gasteiger partial charge in [0.05, 0.1) is 5.69 Å². The summed E-state index contributed by atoms with van der Waals surface area (Å²) in [4.78, 5) is 32.8. The summed E-state index contributed by atoms with van der Waals surface area (Å²) >= 11 is 0. The van der Waals surface area contributed by atoms with Gasteiger partial charge in [-0.15, -0.1) is 0 Å². The van der Waals surface area contributed by atoms with E-state index in [-0.39, 0.29) is 17.1 Å². The van der Waals surface area contributed by atoms with Crippen LogP contribution in [0.25, 0.3) is 0 Å². The van der Waals surface area contributed by atoms with Gasteiger partial charge in [0.2, 0.25) is 0 Å². The summed E-state index contributed by atoms with van der Waals surface area (Å²) in [5, 5.41) is 9.19. The molecule has 1 aromatic carbocycles. The van der Waals surface area contributed by atoms with Crippen LogP contribution in [0.4, 0.5) is 5.69 Å². The number of fused-ring (bicyclic) bond motifs is 1. The monoisotopic (exact) mass is 241 g/mol. The summed E-state index contributed by atoms with van der Waals surface area (Å²) in [6, 6.07) is 5.77. The van der Waals surface area contributed by atoms with Crippen LogP contribution in [-0.2, 0) is 0 Å². The number of amides is 2. The highest BCUT2D eigenvalue weighted by molar-refractivity contribution is 6.33. The summed E-state index contributed by atoms with van der Waals surface area (Å²) in [6.07, 6.45) is 2.73. The SMILES string of the molecule is O=C1c2nccnc2C(=O)N1c1ccc(O)cc1. The molecule has 6 nitrogen and oxygen atoms in total. The van der Waals surface area contributed by atoms with Crippen molar-refractivity contribution >= 4 is 17.5 Å². The smallest absolute Gasteiger partial charge is 0.286 e. The third-order valence-electron chi connectivity index (χ3n) is 2.62. The van der Waals surface area contributed by atoms with Crippen molar-refractivity contribution in [1.82, 2.24) is 9.97 Å². The minimum atomic E-state index is -0.506. The third kappa shape index (κ3) is 1.36. The molecule has 0 bridgehead atoms. The molecule has 1 aromatic heterocycles. The maximum absolute atomic E-state index is 12.0. The molecule has 0 aliphatic carbocycles. The minimum Gasteiger partial charge on any atom is -0.508 e. The molecule has 2 aromatic rings. The Labute approximate surface area is 102 Å². The number of phenolic OH excluding ortho intramolecular Hbond substituents is 1. The Hall–Kier alpha value is -2.76. The minimum absolute atomic E-state index is 0.0515. The van der Waals surface area contributed by atoms with Gasteiger partial charge < -0.3 is 5.11 Å². The lowest BCUT2D eigenvalue weighted by molar-refractivity contribution is 0.0923. The topological polar surface area (TPSA) is 83.4 Å². The molecule has 6 heteroatoms. The van der Waals surface area contributed by atoms with Gasteiger partial charge in [-0.05, 0) is 24.3 Å². The van der Waals surface area contributed by atoms with E-state index in [1.165, 1.54) is 36.7 Å². The molecule has 2 amide bonds. The number of hydrogen-bond donors (Lipinski definition) is 1. The van der Waals surface area contributed by atoms with Crippen LogP contribution in [0.2, 0.25) is 0 Å². The quantitative estimate of drug-likeness (QED) is 0.752. The molecule has 0 saturated carbocycles. The number of aromatic hydroxyl groups is 1. The van der Waals surface area contributed by atoms with Gasteiger partial charge in [-0.25, -0.2) is 14.9 Å². The van der Waals surface area contributed by atoms with E-state index in [4.69, 9.17) is 0 Å². The average Bonchev–Trinajstić information content (AvgIpc) is 2.64. The summed E-state index contributed by atoms with van der Waals surface area (Å²) in [5.74, 6) is -0.950. The fraction of sp³-hybridized carbons (Fsp3) is 0. The molecule has 2 heterocycles. The second-order valence-electron chi connectivity index (χ2n) is 3.72. The van der Waals surface area contributed by atoms with Gasteiger partial charge in [0.1, 0.15) is 5.75 Å². The van der Waals surface area contributed by atoms with Crippen LogP contribution in [0.15, 0.2) is 36.7 Å². The molecular formula is C12H7N3O3. The molecule has 1 aliphatic heterocycles. The highest BCUT2D eigenvalue weighted by Crippen LogP contribution is 2.26. The van der Waals surface area contributed by atoms with Gasteiger partial charge in [-0.2, -0.15) is 0 Å². The molecule has 18 heavy (non-hydrogen) atoms. The Balaban J connectivity index is 2.09. The fourth-order valence-corrected chi connectivity index (χ4v) is 1.79. The number of phenols is 1. The van der Waals surface area contributed by atoms with Gasteiger partial charge >= 0.3 is 0 Å². The number of carbonyl (C=O) groups excluding carboxylic acids is 2. The van der Waals surface area contributed by atoms with Crippen molar-refractivity contribution in [3.05, 3.63) is 48.0 Å². The predicted molar refractivity (Wildman–Crippen MR) is 61.3 cm³/mol. The number of aromatic nitrogens is 2. The molecule has 0 fully saturated rings. The Morgan fingerprint density at radius 1 is 0.889 bits per heavy atom. The lowest BCUT2D eigenvalue weighted by atomic mass is 10.3. The van der Waals surface area contributed by atoms with Crippen molar-refractivity contribution < 1.29 is 14.7 Å². The van der Waals surface area contributed by atoms with Crippen molar-refractivity contribution in [1.29, 1.82) is 0 Å². The number of rotatable bonds is 1. The lowest BCUT2D eigenvalue weighted by Gasteiger charge is -2.12. The maximum Gasteiger partial charge on any atom is 0.286 e. The highest BCUT2D eigenvalue weighted by Gasteiger charge is 2.39. The van der Waals surface area contributed by atoms with Crippen LogP contribution >= 0.6 is 0 Å². The first-order valence-corrected chi connectivity index (χ1v) is 5.17. The number of imide groups is 1. The summed E-state index contributed by atoms with van der Waals surface area (Å²) in [5.41, 5.74) is 0.480. The van der Waals surface area contributed by atoms with Gasteiger partial charge in [-0.3, -0.25) is 9.59 Å². The van der Waals surface area contributed by atoms with E-state index in [2.05, 4.69) is 9.97 Å². The van der Waals surface area contributed by atoms with E-state index in [0.717, 1.165) is 4.90 Å². The zero-order valence-corrected chi connectivity index (χ0v) is 9.07. The molecule has 1 N–H and O–H groups in total. The van der Waals surface area contributed by atoms with Crippen LogP contribution in [0.3, 0.4) is 0 Å². The number of nitrogens with zero attached hydrogens (tertiary/aromatic N) is 3. The molecule has 0 atom stereocenters. The molecule has 88 valence electrons. The molecule has 0 spiro atoms. The van der Waals surface area contributed by atoms with Gasteiger partial charge in [-0.1, -0.05) is 0 Å². The van der Waals surface area contributed by atoms with E-state index in [9.17, 15) is 14.7 Å². The number of carbonyl (C=O) groups is 2. The van der Waals surface area contributed by atoms with E-state index in [1.807, 2.05) is 0 Å². The highest BCUT2D eigenvalue weighted by atomic mass is 16.3. The maximum atomic E-state index is 12.0. The van der Waals surface area contributed by atoms with Crippen LogP contribution in [0, 0.1) is 0 Å². The molecule has 0 radical (unpaired) electrons. The molecular weight excluding hydrogens is 234 g/mol. The predicted octanol–water partition coefficient (Wildman–Crippen LogP) is 0.983. The molecule has 0 unspecified atom stereocenters. The molecule has 3 rings (SSSR count). The van der Waals surface area contributed by atoms with Gasteiger partial charge in [0, 0.05) is 12.4 Å². The van der Waals surface area contributed by atoms with Crippen LogP contribution in [0.1, 0.15) is 21.0 Å². The van der Waals surface area contributed by atoms with Crippen molar-refractivity contribution in [3.63, 3.8) is 0 Å². The number of anilines is 1. The Kier molecular flexibility index (Phi) is 2.09. The Bertz CT molecular complexity index is 617. The summed E-state index contributed by atoms with van der Waals surface area (Å²) in [6.45, 7) is 0. The van der Waals surface area contributed by atoms with Crippen molar-refractivity contribution in [3.8, 4) is 5.75 Å². The first-order chi connectivity index (χ1) is 8.68. The second-order valence-corrected chi connectivity index (χ2v) is 3.72. The second kappa shape index (κ2) is 3.63. The molecule has 1 aliphatic rings. The normalized spacial score (nSPS) is 13.9. The van der Waals surface area contributed by atoms with E-state index in [0.29, 0.717) is 5.69 Å². The zero-order valence-electron chi connectivity index (χ0n) is 9.07. The van der Waals surface area contributed by atoms with Crippen molar-refractivity contribution in [2.45, 2.75) is 0 Å². The van der Waals surface area contributed by atoms with E-state index in [1.54, 1.807) is 0 Å². The van der Waals surface area contributed by atoms with Gasteiger partial charge in [0.25, 0.3) is 11.8 Å². The third-order valence-corrected chi connectivity index (χ3v) is 2.62. The Morgan fingerprint density at radius 2 is 1.39 bits per heavy atom. The first-order valence-electron chi connectivity index (χ1n) is 5.17. The number of hydrogen-bond acceptors (Lipinski definition) is 5. The first kappa shape index (κ1) is 10.4. The Morgan fingerprint density at radius 3 is 1.89 bits per heavy atom. The van der Waals surface area contributed by atoms with Crippen molar-refractivity contribution in [2.75, 3.05) is 4.90 Å². The molecule has 0 saturated heterocycles. The standard InChI is InChI=1S/C12H7N3O3/c16-8-3-1-7(2-4-8)15-11(17)9-10(12(15)18)14-6-5-13-9/h1-6,16H.